The van der Waals surface area contributed by atoms with Crippen LogP contribution in [0.25, 0.3) is 0 Å². The Hall–Kier alpha value is -1.39. The lowest BCUT2D eigenvalue weighted by Gasteiger charge is -2.31. The minimum absolute atomic E-state index is 0.474. The van der Waals surface area contributed by atoms with Crippen molar-refractivity contribution in [3.8, 4) is 5.88 Å². The number of rotatable bonds is 2. The van der Waals surface area contributed by atoms with Crippen LogP contribution in [-0.2, 0) is 16.0 Å². The van der Waals surface area contributed by atoms with Crippen LogP contribution < -0.4 is 4.74 Å². The molecule has 118 valence electrons. The fourth-order valence-electron chi connectivity index (χ4n) is 1.92. The Kier molecular flexibility index (Phi) is 4.13. The molecule has 21 heavy (non-hydrogen) atoms. The summed E-state index contributed by atoms with van der Waals surface area (Å²) in [6.07, 6.45) is -9.13. The second kappa shape index (κ2) is 5.43. The van der Waals surface area contributed by atoms with Gasteiger partial charge in [0.05, 0.1) is 17.6 Å². The molecule has 0 radical (unpaired) electrons. The molecule has 3 atom stereocenters. The van der Waals surface area contributed by atoms with Crippen molar-refractivity contribution in [2.75, 3.05) is 11.5 Å². The van der Waals surface area contributed by atoms with Crippen molar-refractivity contribution < 1.29 is 36.5 Å². The SMILES string of the molecule is O=S1(=O)C[C@H](Oc2cccc(C(F)(F)F)n2)[C@@H](O)[C@@H](O)C1. The summed E-state index contributed by atoms with van der Waals surface area (Å²) in [5.74, 6) is -1.70. The molecule has 0 aliphatic carbocycles. The average Bonchev–Trinajstić information content (AvgIpc) is 2.34. The van der Waals surface area contributed by atoms with E-state index in [0.717, 1.165) is 18.2 Å². The second-order valence-corrected chi connectivity index (χ2v) is 6.80. The van der Waals surface area contributed by atoms with Crippen LogP contribution in [0.4, 0.5) is 13.2 Å². The topological polar surface area (TPSA) is 96.7 Å². The molecule has 0 saturated carbocycles. The summed E-state index contributed by atoms with van der Waals surface area (Å²) in [6.45, 7) is 0. The third kappa shape index (κ3) is 3.83. The third-order valence-corrected chi connectivity index (χ3v) is 4.59. The van der Waals surface area contributed by atoms with Crippen LogP contribution in [0.3, 0.4) is 0 Å². The summed E-state index contributed by atoms with van der Waals surface area (Å²) in [4.78, 5) is 3.21. The minimum Gasteiger partial charge on any atom is -0.470 e. The number of alkyl halides is 3. The highest BCUT2D eigenvalue weighted by Gasteiger charge is 2.40. The molecule has 0 unspecified atom stereocenters. The van der Waals surface area contributed by atoms with E-state index in [4.69, 9.17) is 4.74 Å². The molecular weight excluding hydrogens is 315 g/mol. The number of halogens is 3. The van der Waals surface area contributed by atoms with Crippen LogP contribution in [0.1, 0.15) is 5.69 Å². The highest BCUT2D eigenvalue weighted by atomic mass is 32.2. The molecule has 10 heteroatoms. The van der Waals surface area contributed by atoms with Gasteiger partial charge in [0.25, 0.3) is 0 Å². The van der Waals surface area contributed by atoms with Gasteiger partial charge in [0.1, 0.15) is 17.9 Å². The summed E-state index contributed by atoms with van der Waals surface area (Å²) in [5, 5.41) is 19.1. The molecule has 2 heterocycles. The van der Waals surface area contributed by atoms with Gasteiger partial charge in [-0.25, -0.2) is 13.4 Å². The number of aliphatic hydroxyl groups excluding tert-OH is 2. The molecule has 1 saturated heterocycles. The van der Waals surface area contributed by atoms with Gasteiger partial charge in [0.15, 0.2) is 9.84 Å². The predicted molar refractivity (Wildman–Crippen MR) is 64.3 cm³/mol. The first-order chi connectivity index (χ1) is 9.58. The molecule has 0 bridgehead atoms. The lowest BCUT2D eigenvalue weighted by Crippen LogP contribution is -2.53. The standard InChI is InChI=1S/C11H12F3NO5S/c12-11(13,14)8-2-1-3-9(15-8)20-7-5-21(18,19)4-6(16)10(7)17/h1-3,6-7,10,16-17H,4-5H2/t6-,7-,10-/m0/s1. The summed E-state index contributed by atoms with van der Waals surface area (Å²) in [7, 11) is -3.66. The van der Waals surface area contributed by atoms with Gasteiger partial charge < -0.3 is 14.9 Å². The van der Waals surface area contributed by atoms with Crippen LogP contribution >= 0.6 is 0 Å². The van der Waals surface area contributed by atoms with E-state index in [1.165, 1.54) is 0 Å². The van der Waals surface area contributed by atoms with Crippen LogP contribution in [-0.4, -0.2) is 53.4 Å². The lowest BCUT2D eigenvalue weighted by molar-refractivity contribution is -0.141. The molecule has 2 N–H and O–H groups in total. The van der Waals surface area contributed by atoms with Crippen molar-refractivity contribution >= 4 is 9.84 Å². The van der Waals surface area contributed by atoms with Gasteiger partial charge in [-0.3, -0.25) is 0 Å². The molecule has 0 spiro atoms. The molecule has 1 aromatic rings. The smallest absolute Gasteiger partial charge is 0.433 e. The Bertz CT molecular complexity index is 619. The summed E-state index contributed by atoms with van der Waals surface area (Å²) in [6, 6.07) is 2.89. The Morgan fingerprint density at radius 3 is 2.52 bits per heavy atom. The lowest BCUT2D eigenvalue weighted by atomic mass is 10.1. The van der Waals surface area contributed by atoms with E-state index in [-0.39, 0.29) is 0 Å². The number of nitrogens with zero attached hydrogens (tertiary/aromatic N) is 1. The van der Waals surface area contributed by atoms with Gasteiger partial charge in [0.2, 0.25) is 5.88 Å². The van der Waals surface area contributed by atoms with Gasteiger partial charge in [-0.1, -0.05) is 6.07 Å². The van der Waals surface area contributed by atoms with Crippen molar-refractivity contribution in [1.29, 1.82) is 0 Å². The van der Waals surface area contributed by atoms with Crippen molar-refractivity contribution in [2.45, 2.75) is 24.5 Å². The van der Waals surface area contributed by atoms with Gasteiger partial charge in [0, 0.05) is 6.07 Å². The molecule has 6 nitrogen and oxygen atoms in total. The number of aromatic nitrogens is 1. The van der Waals surface area contributed by atoms with E-state index in [9.17, 15) is 31.8 Å². The highest BCUT2D eigenvalue weighted by Crippen LogP contribution is 2.29. The summed E-state index contributed by atoms with van der Waals surface area (Å²) < 4.78 is 65.5. The van der Waals surface area contributed by atoms with Crippen molar-refractivity contribution in [2.24, 2.45) is 0 Å². The fourth-order valence-corrected chi connectivity index (χ4v) is 3.54. The number of hydrogen-bond donors (Lipinski definition) is 2. The van der Waals surface area contributed by atoms with E-state index in [1.807, 2.05) is 0 Å². The molecule has 2 rings (SSSR count). The quantitative estimate of drug-likeness (QED) is 0.794. The number of pyridine rings is 1. The van der Waals surface area contributed by atoms with Crippen molar-refractivity contribution in [3.63, 3.8) is 0 Å². The Morgan fingerprint density at radius 2 is 1.90 bits per heavy atom. The number of sulfone groups is 1. The molecule has 1 fully saturated rings. The number of hydrogen-bond acceptors (Lipinski definition) is 6. The first-order valence-electron chi connectivity index (χ1n) is 5.86. The molecular formula is C11H12F3NO5S. The molecule has 1 aliphatic rings. The van der Waals surface area contributed by atoms with E-state index in [0.29, 0.717) is 0 Å². The first-order valence-corrected chi connectivity index (χ1v) is 7.68. The number of aliphatic hydroxyl groups is 2. The normalized spacial score (nSPS) is 29.1. The predicted octanol–water partition coefficient (Wildman–Crippen LogP) is -0.00200. The van der Waals surface area contributed by atoms with Gasteiger partial charge in [-0.15, -0.1) is 0 Å². The Morgan fingerprint density at radius 1 is 1.24 bits per heavy atom. The average molecular weight is 327 g/mol. The maximum atomic E-state index is 12.5. The van der Waals surface area contributed by atoms with Crippen LogP contribution in [0.2, 0.25) is 0 Å². The molecule has 1 aliphatic heterocycles. The first kappa shape index (κ1) is 16.0. The van der Waals surface area contributed by atoms with Crippen LogP contribution in [0, 0.1) is 0 Å². The maximum absolute atomic E-state index is 12.5. The van der Waals surface area contributed by atoms with Gasteiger partial charge in [-0.05, 0) is 6.07 Å². The maximum Gasteiger partial charge on any atom is 0.433 e. The van der Waals surface area contributed by atoms with E-state index in [2.05, 4.69) is 4.98 Å². The second-order valence-electron chi connectivity index (χ2n) is 4.65. The number of ether oxygens (including phenoxy) is 1. The summed E-state index contributed by atoms with van der Waals surface area (Å²) in [5.41, 5.74) is -1.20. The van der Waals surface area contributed by atoms with Crippen LogP contribution in [0.5, 0.6) is 5.88 Å². The van der Waals surface area contributed by atoms with Gasteiger partial charge >= 0.3 is 6.18 Å². The Labute approximate surface area is 118 Å². The van der Waals surface area contributed by atoms with Gasteiger partial charge in [-0.2, -0.15) is 13.2 Å². The monoisotopic (exact) mass is 327 g/mol. The van der Waals surface area contributed by atoms with Crippen molar-refractivity contribution in [1.82, 2.24) is 4.98 Å². The summed E-state index contributed by atoms with van der Waals surface area (Å²) >= 11 is 0. The fraction of sp³-hybridized carbons (Fsp3) is 0.545. The third-order valence-electron chi connectivity index (χ3n) is 2.90. The minimum atomic E-state index is -4.67. The molecule has 0 amide bonds. The van der Waals surface area contributed by atoms with E-state index >= 15 is 0 Å². The zero-order chi connectivity index (χ0) is 15.8. The molecule has 0 aromatic carbocycles. The Balaban J connectivity index is 2.21. The molecule has 1 aromatic heterocycles. The van der Waals surface area contributed by atoms with Crippen LogP contribution in [0.15, 0.2) is 18.2 Å². The van der Waals surface area contributed by atoms with E-state index < -0.39 is 57.4 Å². The zero-order valence-electron chi connectivity index (χ0n) is 10.5. The zero-order valence-corrected chi connectivity index (χ0v) is 11.3. The largest absolute Gasteiger partial charge is 0.470 e. The van der Waals surface area contributed by atoms with Crippen molar-refractivity contribution in [3.05, 3.63) is 23.9 Å². The van der Waals surface area contributed by atoms with E-state index in [1.54, 1.807) is 0 Å². The highest BCUT2D eigenvalue weighted by molar-refractivity contribution is 7.91.